The second kappa shape index (κ2) is 7.64. The molecule has 2 atom stereocenters. The van der Waals surface area contributed by atoms with Gasteiger partial charge in [-0.3, -0.25) is 4.79 Å². The molecular formula is C16H23ClN2O3S. The Morgan fingerprint density at radius 2 is 2.04 bits per heavy atom. The molecule has 23 heavy (non-hydrogen) atoms. The third kappa shape index (κ3) is 4.46. The predicted molar refractivity (Wildman–Crippen MR) is 90.8 cm³/mol. The number of rotatable bonds is 5. The van der Waals surface area contributed by atoms with Crippen LogP contribution in [0.15, 0.2) is 29.2 Å². The maximum atomic E-state index is 12.7. The van der Waals surface area contributed by atoms with Crippen LogP contribution in [0.25, 0.3) is 0 Å². The van der Waals surface area contributed by atoms with Gasteiger partial charge in [-0.15, -0.1) is 0 Å². The van der Waals surface area contributed by atoms with E-state index in [-0.39, 0.29) is 29.3 Å². The highest BCUT2D eigenvalue weighted by molar-refractivity contribution is 7.89. The number of hydrogen-bond donors (Lipinski definition) is 1. The van der Waals surface area contributed by atoms with E-state index in [9.17, 15) is 13.2 Å². The fourth-order valence-electron chi connectivity index (χ4n) is 2.59. The molecule has 0 bridgehead atoms. The van der Waals surface area contributed by atoms with Crippen LogP contribution in [0.1, 0.15) is 33.1 Å². The van der Waals surface area contributed by atoms with E-state index >= 15 is 0 Å². The molecule has 0 spiro atoms. The number of carbonyl (C=O) groups excluding carboxylic acids is 1. The molecule has 1 saturated heterocycles. The smallest absolute Gasteiger partial charge is 0.243 e. The van der Waals surface area contributed by atoms with Gasteiger partial charge in [0.15, 0.2) is 0 Å². The van der Waals surface area contributed by atoms with Gasteiger partial charge >= 0.3 is 0 Å². The molecule has 0 aromatic heterocycles. The highest BCUT2D eigenvalue weighted by Crippen LogP contribution is 2.25. The van der Waals surface area contributed by atoms with Gasteiger partial charge in [0.05, 0.1) is 10.8 Å². The number of amides is 1. The van der Waals surface area contributed by atoms with Gasteiger partial charge in [0.1, 0.15) is 0 Å². The topological polar surface area (TPSA) is 66.5 Å². The zero-order valence-electron chi connectivity index (χ0n) is 13.5. The van der Waals surface area contributed by atoms with Crippen LogP contribution in [0.3, 0.4) is 0 Å². The molecule has 0 saturated carbocycles. The Kier molecular flexibility index (Phi) is 6.06. The number of nitrogens with zero attached hydrogens (tertiary/aromatic N) is 1. The molecule has 1 aliphatic rings. The molecular weight excluding hydrogens is 336 g/mol. The van der Waals surface area contributed by atoms with Gasteiger partial charge in [-0.05, 0) is 50.5 Å². The Hall–Kier alpha value is -1.11. The molecule has 1 heterocycles. The lowest BCUT2D eigenvalue weighted by Crippen LogP contribution is -2.46. The Morgan fingerprint density at radius 3 is 2.65 bits per heavy atom. The molecule has 5 nitrogen and oxygen atoms in total. The van der Waals surface area contributed by atoms with Crippen LogP contribution >= 0.6 is 11.6 Å². The van der Waals surface area contributed by atoms with Gasteiger partial charge in [0.25, 0.3) is 0 Å². The summed E-state index contributed by atoms with van der Waals surface area (Å²) in [6.45, 7) is 4.62. The molecule has 128 valence electrons. The second-order valence-electron chi connectivity index (χ2n) is 5.97. The summed E-state index contributed by atoms with van der Waals surface area (Å²) in [5.74, 6) is -0.352. The van der Waals surface area contributed by atoms with Crippen LogP contribution < -0.4 is 5.32 Å². The van der Waals surface area contributed by atoms with E-state index in [1.54, 1.807) is 12.1 Å². The lowest BCUT2D eigenvalue weighted by Gasteiger charge is -2.31. The lowest BCUT2D eigenvalue weighted by molar-refractivity contribution is -0.126. The molecule has 1 aliphatic heterocycles. The summed E-state index contributed by atoms with van der Waals surface area (Å²) in [6, 6.07) is 6.23. The first-order valence-electron chi connectivity index (χ1n) is 7.90. The molecule has 0 radical (unpaired) electrons. The molecule has 0 aliphatic carbocycles. The lowest BCUT2D eigenvalue weighted by atomic mass is 9.98. The van der Waals surface area contributed by atoms with Crippen LogP contribution in [0.5, 0.6) is 0 Å². The quantitative estimate of drug-likeness (QED) is 0.879. The summed E-state index contributed by atoms with van der Waals surface area (Å²) in [6.07, 6.45) is 2.26. The normalized spacial score (nSPS) is 20.9. The van der Waals surface area contributed by atoms with Crippen molar-refractivity contribution in [3.63, 3.8) is 0 Å². The van der Waals surface area contributed by atoms with Crippen LogP contribution in [0.4, 0.5) is 0 Å². The first-order valence-corrected chi connectivity index (χ1v) is 9.72. The van der Waals surface area contributed by atoms with E-state index in [0.29, 0.717) is 18.0 Å². The summed E-state index contributed by atoms with van der Waals surface area (Å²) in [5.41, 5.74) is 0. The van der Waals surface area contributed by atoms with Gasteiger partial charge in [-0.25, -0.2) is 8.42 Å². The Bertz CT molecular complexity index is 646. The van der Waals surface area contributed by atoms with Crippen molar-refractivity contribution in [1.82, 2.24) is 9.62 Å². The monoisotopic (exact) mass is 358 g/mol. The van der Waals surface area contributed by atoms with Crippen molar-refractivity contribution in [2.75, 3.05) is 13.1 Å². The minimum atomic E-state index is -3.58. The first kappa shape index (κ1) is 18.2. The maximum Gasteiger partial charge on any atom is 0.243 e. The molecule has 0 unspecified atom stereocenters. The number of carbonyl (C=O) groups is 1. The largest absolute Gasteiger partial charge is 0.353 e. The molecule has 1 amide bonds. The zero-order chi connectivity index (χ0) is 17.0. The molecule has 1 aromatic rings. The van der Waals surface area contributed by atoms with E-state index in [2.05, 4.69) is 5.32 Å². The van der Waals surface area contributed by atoms with E-state index in [4.69, 9.17) is 11.6 Å². The number of benzene rings is 1. The average Bonchev–Trinajstić information content (AvgIpc) is 2.55. The van der Waals surface area contributed by atoms with Crippen molar-refractivity contribution < 1.29 is 13.2 Å². The van der Waals surface area contributed by atoms with Gasteiger partial charge in [-0.1, -0.05) is 18.5 Å². The highest BCUT2D eigenvalue weighted by Gasteiger charge is 2.33. The third-order valence-corrected chi connectivity index (χ3v) is 6.34. The maximum absolute atomic E-state index is 12.7. The van der Waals surface area contributed by atoms with Gasteiger partial charge in [-0.2, -0.15) is 4.31 Å². The van der Waals surface area contributed by atoms with Crippen molar-refractivity contribution in [2.45, 2.75) is 44.0 Å². The summed E-state index contributed by atoms with van der Waals surface area (Å²) in [4.78, 5) is 12.5. The van der Waals surface area contributed by atoms with Crippen molar-refractivity contribution in [3.8, 4) is 0 Å². The summed E-state index contributed by atoms with van der Waals surface area (Å²) >= 11 is 5.81. The minimum Gasteiger partial charge on any atom is -0.353 e. The summed E-state index contributed by atoms with van der Waals surface area (Å²) < 4.78 is 26.8. The standard InChI is InChI=1S/C16H23ClN2O3S/c1-3-12(2)18-16(20)13-5-4-10-19(11-13)23(21,22)15-8-6-14(17)7-9-15/h6-9,12-13H,3-5,10-11H2,1-2H3,(H,18,20)/t12-,13+/m0/s1. The van der Waals surface area contributed by atoms with Gasteiger partial charge in [0, 0.05) is 24.2 Å². The molecule has 1 aromatic carbocycles. The van der Waals surface area contributed by atoms with Crippen LogP contribution in [0, 0.1) is 5.92 Å². The van der Waals surface area contributed by atoms with E-state index in [1.165, 1.54) is 16.4 Å². The predicted octanol–water partition coefficient (Wildman–Crippen LogP) is 2.66. The molecule has 2 rings (SSSR count). The fourth-order valence-corrected chi connectivity index (χ4v) is 4.24. The van der Waals surface area contributed by atoms with Gasteiger partial charge in [0.2, 0.25) is 15.9 Å². The van der Waals surface area contributed by atoms with E-state index in [0.717, 1.165) is 12.8 Å². The second-order valence-corrected chi connectivity index (χ2v) is 8.35. The SMILES string of the molecule is CC[C@H](C)NC(=O)[C@@H]1CCCN(S(=O)(=O)c2ccc(Cl)cc2)C1. The highest BCUT2D eigenvalue weighted by atomic mass is 35.5. The van der Waals surface area contributed by atoms with E-state index in [1.807, 2.05) is 13.8 Å². The third-order valence-electron chi connectivity index (χ3n) is 4.21. The molecule has 1 N–H and O–H groups in total. The number of nitrogens with one attached hydrogen (secondary N) is 1. The van der Waals surface area contributed by atoms with Crippen LogP contribution in [0.2, 0.25) is 5.02 Å². The molecule has 1 fully saturated rings. The molecule has 7 heteroatoms. The number of hydrogen-bond acceptors (Lipinski definition) is 3. The Morgan fingerprint density at radius 1 is 1.39 bits per heavy atom. The van der Waals surface area contributed by atoms with E-state index < -0.39 is 10.0 Å². The minimum absolute atomic E-state index is 0.0599. The summed E-state index contributed by atoms with van der Waals surface area (Å²) in [7, 11) is -3.58. The van der Waals surface area contributed by atoms with Crippen molar-refractivity contribution in [1.29, 1.82) is 0 Å². The number of halogens is 1. The average molecular weight is 359 g/mol. The van der Waals surface area contributed by atoms with Gasteiger partial charge < -0.3 is 5.32 Å². The zero-order valence-corrected chi connectivity index (χ0v) is 15.0. The van der Waals surface area contributed by atoms with Crippen molar-refractivity contribution in [2.24, 2.45) is 5.92 Å². The van der Waals surface area contributed by atoms with Crippen molar-refractivity contribution in [3.05, 3.63) is 29.3 Å². The van der Waals surface area contributed by atoms with Crippen molar-refractivity contribution >= 4 is 27.5 Å². The number of sulfonamides is 1. The van der Waals surface area contributed by atoms with Crippen LogP contribution in [-0.4, -0.2) is 37.8 Å². The fraction of sp³-hybridized carbons (Fsp3) is 0.562. The Balaban J connectivity index is 2.11. The Labute approximate surface area is 143 Å². The number of piperidine rings is 1. The first-order chi connectivity index (χ1) is 10.8. The summed E-state index contributed by atoms with van der Waals surface area (Å²) in [5, 5.41) is 3.43. The van der Waals surface area contributed by atoms with Crippen LogP contribution in [-0.2, 0) is 14.8 Å².